The molecule has 0 bridgehead atoms. The largest absolute Gasteiger partial charge is 0.228 e. The van der Waals surface area contributed by atoms with E-state index in [0.717, 1.165) is 44.8 Å². The average Bonchev–Trinajstić information content (AvgIpc) is 3.57. The van der Waals surface area contributed by atoms with Gasteiger partial charge in [0.25, 0.3) is 0 Å². The summed E-state index contributed by atoms with van der Waals surface area (Å²) >= 11 is 1.85. The topological polar surface area (TPSA) is 25.8 Å². The number of benzene rings is 7. The minimum Gasteiger partial charge on any atom is -0.228 e. The van der Waals surface area contributed by atoms with Gasteiger partial charge in [-0.15, -0.1) is 11.3 Å². The van der Waals surface area contributed by atoms with E-state index in [1.165, 1.54) is 36.9 Å². The Labute approximate surface area is 289 Å². The summed E-state index contributed by atoms with van der Waals surface area (Å²) in [6.45, 7) is 0. The smallest absolute Gasteiger partial charge is 0.160 e. The molecule has 49 heavy (non-hydrogen) atoms. The molecule has 3 heteroatoms. The summed E-state index contributed by atoms with van der Waals surface area (Å²) in [6, 6.07) is 64.6. The molecular formula is C46H30N2S. The van der Waals surface area contributed by atoms with Crippen LogP contribution >= 0.6 is 11.3 Å². The van der Waals surface area contributed by atoms with Gasteiger partial charge in [-0.1, -0.05) is 140 Å². The molecule has 2 aromatic heterocycles. The number of nitrogens with zero attached hydrogens (tertiary/aromatic N) is 2. The highest BCUT2D eigenvalue weighted by molar-refractivity contribution is 7.25. The quantitative estimate of drug-likeness (QED) is 0.180. The highest BCUT2D eigenvalue weighted by atomic mass is 32.1. The van der Waals surface area contributed by atoms with Crippen molar-refractivity contribution in [3.05, 3.63) is 182 Å². The number of aromatic nitrogens is 2. The van der Waals surface area contributed by atoms with Gasteiger partial charge >= 0.3 is 0 Å². The van der Waals surface area contributed by atoms with Gasteiger partial charge in [0.1, 0.15) is 0 Å². The predicted molar refractivity (Wildman–Crippen MR) is 208 cm³/mol. The lowest BCUT2D eigenvalue weighted by Crippen LogP contribution is -1.96. The van der Waals surface area contributed by atoms with Gasteiger partial charge in [0.05, 0.1) is 11.4 Å². The third-order valence-corrected chi connectivity index (χ3v) is 10.2. The van der Waals surface area contributed by atoms with Crippen molar-refractivity contribution in [2.45, 2.75) is 0 Å². The lowest BCUT2D eigenvalue weighted by Gasteiger charge is -2.14. The molecule has 0 spiro atoms. The molecule has 2 nitrogen and oxygen atoms in total. The molecule has 0 saturated heterocycles. The van der Waals surface area contributed by atoms with Crippen LogP contribution in [0.2, 0.25) is 0 Å². The van der Waals surface area contributed by atoms with Crippen LogP contribution in [-0.4, -0.2) is 9.97 Å². The fourth-order valence-electron chi connectivity index (χ4n) is 6.59. The van der Waals surface area contributed by atoms with E-state index in [0.29, 0.717) is 5.82 Å². The molecule has 0 saturated carbocycles. The van der Waals surface area contributed by atoms with Crippen LogP contribution in [0.25, 0.3) is 87.5 Å². The summed E-state index contributed by atoms with van der Waals surface area (Å²) in [4.78, 5) is 10.3. The first kappa shape index (κ1) is 29.0. The summed E-state index contributed by atoms with van der Waals surface area (Å²) in [5.74, 6) is 0.710. The summed E-state index contributed by atoms with van der Waals surface area (Å²) < 4.78 is 2.60. The molecule has 0 unspecified atom stereocenters. The molecule has 7 aromatic carbocycles. The van der Waals surface area contributed by atoms with Gasteiger partial charge < -0.3 is 0 Å². The van der Waals surface area contributed by atoms with Crippen molar-refractivity contribution in [2.24, 2.45) is 0 Å². The van der Waals surface area contributed by atoms with E-state index >= 15 is 0 Å². The Bertz CT molecular complexity index is 2530. The molecule has 0 amide bonds. The number of fused-ring (bicyclic) bond motifs is 3. The Hall–Kier alpha value is -6.16. The third kappa shape index (κ3) is 5.71. The second kappa shape index (κ2) is 12.5. The lowest BCUT2D eigenvalue weighted by molar-refractivity contribution is 1.18. The van der Waals surface area contributed by atoms with Crippen molar-refractivity contribution in [1.82, 2.24) is 9.97 Å². The van der Waals surface area contributed by atoms with Gasteiger partial charge in [0.15, 0.2) is 5.82 Å². The van der Waals surface area contributed by atoms with Gasteiger partial charge in [0, 0.05) is 36.9 Å². The van der Waals surface area contributed by atoms with Gasteiger partial charge in [-0.25, -0.2) is 9.97 Å². The van der Waals surface area contributed by atoms with Crippen molar-refractivity contribution < 1.29 is 0 Å². The molecule has 2 heterocycles. The maximum atomic E-state index is 5.20. The average molecular weight is 643 g/mol. The monoisotopic (exact) mass is 642 g/mol. The van der Waals surface area contributed by atoms with Gasteiger partial charge in [0.2, 0.25) is 0 Å². The standard InChI is InChI=1S/C46H30N2S/c1-4-13-31(14-5-1)34-19-12-20-35(25-34)37-26-38(36-23-24-41-40-21-10-11-22-44(40)49-45(41)29-36)28-39(27-37)43-30-42(32-15-6-2-7-16-32)47-46(48-43)33-17-8-3-9-18-33/h1-30H. The van der Waals surface area contributed by atoms with Crippen LogP contribution in [0.1, 0.15) is 0 Å². The Balaban J connectivity index is 1.26. The Morgan fingerprint density at radius 2 is 0.776 bits per heavy atom. The van der Waals surface area contributed by atoms with Crippen molar-refractivity contribution >= 4 is 31.5 Å². The van der Waals surface area contributed by atoms with Crippen LogP contribution < -0.4 is 0 Å². The predicted octanol–water partition coefficient (Wildman–Crippen LogP) is 12.8. The maximum absolute atomic E-state index is 5.20. The van der Waals surface area contributed by atoms with Crippen molar-refractivity contribution in [1.29, 1.82) is 0 Å². The van der Waals surface area contributed by atoms with Gasteiger partial charge in [-0.2, -0.15) is 0 Å². The zero-order chi connectivity index (χ0) is 32.6. The minimum atomic E-state index is 0.710. The lowest BCUT2D eigenvalue weighted by atomic mass is 9.92. The summed E-state index contributed by atoms with van der Waals surface area (Å²) in [5, 5.41) is 2.61. The molecule has 0 aliphatic heterocycles. The van der Waals surface area contributed by atoms with Gasteiger partial charge in [-0.3, -0.25) is 0 Å². The fraction of sp³-hybridized carbons (Fsp3) is 0. The van der Waals surface area contributed by atoms with E-state index in [4.69, 9.17) is 9.97 Å². The third-order valence-electron chi connectivity index (χ3n) is 9.07. The number of thiophene rings is 1. The summed E-state index contributed by atoms with van der Waals surface area (Å²) in [6.07, 6.45) is 0. The summed E-state index contributed by atoms with van der Waals surface area (Å²) in [5.41, 5.74) is 11.9. The van der Waals surface area contributed by atoms with E-state index < -0.39 is 0 Å². The zero-order valence-corrected chi connectivity index (χ0v) is 27.4. The van der Waals surface area contributed by atoms with Crippen LogP contribution in [0, 0.1) is 0 Å². The fourth-order valence-corrected chi connectivity index (χ4v) is 7.74. The molecule has 230 valence electrons. The van der Waals surface area contributed by atoms with E-state index in [1.807, 2.05) is 35.6 Å². The minimum absolute atomic E-state index is 0.710. The van der Waals surface area contributed by atoms with E-state index in [1.54, 1.807) is 0 Å². The van der Waals surface area contributed by atoms with Crippen LogP contribution in [0.3, 0.4) is 0 Å². The molecule has 0 aliphatic rings. The maximum Gasteiger partial charge on any atom is 0.160 e. The Kier molecular flexibility index (Phi) is 7.38. The van der Waals surface area contributed by atoms with Crippen molar-refractivity contribution in [3.63, 3.8) is 0 Å². The Morgan fingerprint density at radius 1 is 0.286 bits per heavy atom. The van der Waals surface area contributed by atoms with Crippen molar-refractivity contribution in [2.75, 3.05) is 0 Å². The van der Waals surface area contributed by atoms with Crippen LogP contribution in [0.5, 0.6) is 0 Å². The molecule has 0 fully saturated rings. The number of rotatable bonds is 6. The number of hydrogen-bond acceptors (Lipinski definition) is 3. The number of hydrogen-bond donors (Lipinski definition) is 0. The van der Waals surface area contributed by atoms with E-state index in [9.17, 15) is 0 Å². The molecule has 0 atom stereocenters. The molecule has 9 rings (SSSR count). The molecule has 0 N–H and O–H groups in total. The SMILES string of the molecule is c1ccc(-c2cccc(-c3cc(-c4ccc5c(c4)sc4ccccc45)cc(-c4cc(-c5ccccc5)nc(-c5ccccc5)n4)c3)c2)cc1. The second-order valence-electron chi connectivity index (χ2n) is 12.2. The first-order chi connectivity index (χ1) is 24.2. The first-order valence-corrected chi connectivity index (χ1v) is 17.3. The second-order valence-corrected chi connectivity index (χ2v) is 13.3. The molecule has 0 aliphatic carbocycles. The van der Waals surface area contributed by atoms with E-state index in [2.05, 4.69) is 158 Å². The molecular weight excluding hydrogens is 613 g/mol. The molecule has 9 aromatic rings. The van der Waals surface area contributed by atoms with E-state index in [-0.39, 0.29) is 0 Å². The zero-order valence-electron chi connectivity index (χ0n) is 26.6. The highest BCUT2D eigenvalue weighted by Crippen LogP contribution is 2.39. The highest BCUT2D eigenvalue weighted by Gasteiger charge is 2.15. The molecule has 0 radical (unpaired) electrons. The van der Waals surface area contributed by atoms with Gasteiger partial charge in [-0.05, 0) is 75.8 Å². The summed E-state index contributed by atoms with van der Waals surface area (Å²) in [7, 11) is 0. The van der Waals surface area contributed by atoms with Crippen LogP contribution in [0.15, 0.2) is 182 Å². The first-order valence-electron chi connectivity index (χ1n) is 16.5. The normalized spacial score (nSPS) is 11.3. The van der Waals surface area contributed by atoms with Crippen LogP contribution in [-0.2, 0) is 0 Å². The Morgan fingerprint density at radius 3 is 1.49 bits per heavy atom. The van der Waals surface area contributed by atoms with Crippen molar-refractivity contribution in [3.8, 4) is 67.3 Å². The van der Waals surface area contributed by atoms with Crippen LogP contribution in [0.4, 0.5) is 0 Å².